The van der Waals surface area contributed by atoms with Crippen LogP contribution in [0.2, 0.25) is 10.2 Å². The van der Waals surface area contributed by atoms with Gasteiger partial charge in [-0.2, -0.15) is 0 Å². The number of hydrogen-bond donors (Lipinski definition) is 1. The molecule has 94 valence electrons. The molecule has 0 aliphatic rings. The summed E-state index contributed by atoms with van der Waals surface area (Å²) in [6.45, 7) is 1.92. The highest BCUT2D eigenvalue weighted by Crippen LogP contribution is 2.27. The van der Waals surface area contributed by atoms with E-state index in [1.54, 1.807) is 12.1 Å². The average Bonchev–Trinajstić information content (AvgIpc) is 2.35. The van der Waals surface area contributed by atoms with E-state index in [9.17, 15) is 4.39 Å². The quantitative estimate of drug-likeness (QED) is 0.858. The standard InChI is InChI=1S/C12H10Cl2FN3/c1-2-7-11(14)16-6-17-12(7)18-9-5-3-4-8(13)10(9)15/h3-6H,2H2,1H3,(H,16,17,18). The van der Waals surface area contributed by atoms with Gasteiger partial charge in [-0.05, 0) is 18.6 Å². The van der Waals surface area contributed by atoms with Crippen molar-refractivity contribution in [2.75, 3.05) is 5.32 Å². The van der Waals surface area contributed by atoms with Crippen LogP contribution in [0.15, 0.2) is 24.5 Å². The molecule has 1 N–H and O–H groups in total. The lowest BCUT2D eigenvalue weighted by atomic mass is 10.2. The predicted octanol–water partition coefficient (Wildman–Crippen LogP) is 4.23. The van der Waals surface area contributed by atoms with Gasteiger partial charge in [-0.1, -0.05) is 36.2 Å². The number of anilines is 2. The van der Waals surface area contributed by atoms with Crippen molar-refractivity contribution < 1.29 is 4.39 Å². The van der Waals surface area contributed by atoms with E-state index in [2.05, 4.69) is 15.3 Å². The summed E-state index contributed by atoms with van der Waals surface area (Å²) in [6, 6.07) is 4.72. The lowest BCUT2D eigenvalue weighted by Crippen LogP contribution is -2.02. The maximum absolute atomic E-state index is 13.8. The number of rotatable bonds is 3. The minimum absolute atomic E-state index is 0.0539. The molecule has 1 aromatic heterocycles. The van der Waals surface area contributed by atoms with Crippen LogP contribution in [0, 0.1) is 5.82 Å². The van der Waals surface area contributed by atoms with Crippen molar-refractivity contribution in [1.29, 1.82) is 0 Å². The van der Waals surface area contributed by atoms with Crippen LogP contribution < -0.4 is 5.32 Å². The molecule has 18 heavy (non-hydrogen) atoms. The van der Waals surface area contributed by atoms with Crippen LogP contribution in [-0.4, -0.2) is 9.97 Å². The minimum atomic E-state index is -0.518. The van der Waals surface area contributed by atoms with Crippen LogP contribution in [-0.2, 0) is 6.42 Å². The zero-order valence-electron chi connectivity index (χ0n) is 9.54. The fourth-order valence-electron chi connectivity index (χ4n) is 1.54. The summed E-state index contributed by atoms with van der Waals surface area (Å²) in [4.78, 5) is 7.95. The maximum atomic E-state index is 13.8. The summed E-state index contributed by atoms with van der Waals surface area (Å²) >= 11 is 11.7. The van der Waals surface area contributed by atoms with E-state index >= 15 is 0 Å². The summed E-state index contributed by atoms with van der Waals surface area (Å²) < 4.78 is 13.8. The van der Waals surface area contributed by atoms with Crippen LogP contribution in [0.4, 0.5) is 15.9 Å². The Morgan fingerprint density at radius 3 is 2.78 bits per heavy atom. The monoisotopic (exact) mass is 285 g/mol. The van der Waals surface area contributed by atoms with Crippen molar-refractivity contribution in [1.82, 2.24) is 9.97 Å². The summed E-state index contributed by atoms with van der Waals surface area (Å²) in [6.07, 6.45) is 1.97. The Hall–Kier alpha value is -1.39. The van der Waals surface area contributed by atoms with Gasteiger partial charge in [-0.15, -0.1) is 0 Å². The second kappa shape index (κ2) is 5.50. The van der Waals surface area contributed by atoms with Crippen LogP contribution in [0.1, 0.15) is 12.5 Å². The van der Waals surface area contributed by atoms with E-state index in [0.29, 0.717) is 17.4 Å². The molecule has 0 spiro atoms. The van der Waals surface area contributed by atoms with Crippen LogP contribution in [0.3, 0.4) is 0 Å². The Morgan fingerprint density at radius 1 is 1.28 bits per heavy atom. The van der Waals surface area contributed by atoms with Crippen molar-refractivity contribution in [2.45, 2.75) is 13.3 Å². The summed E-state index contributed by atoms with van der Waals surface area (Å²) in [5.41, 5.74) is 0.991. The predicted molar refractivity (Wildman–Crippen MR) is 71.1 cm³/mol. The Bertz CT molecular complexity index is 575. The number of nitrogens with one attached hydrogen (secondary N) is 1. The molecule has 6 heteroatoms. The fourth-order valence-corrected chi connectivity index (χ4v) is 1.98. The SMILES string of the molecule is CCc1c(Cl)ncnc1Nc1cccc(Cl)c1F. The van der Waals surface area contributed by atoms with Gasteiger partial charge in [0.05, 0.1) is 10.7 Å². The normalized spacial score (nSPS) is 10.4. The van der Waals surface area contributed by atoms with Crippen molar-refractivity contribution >= 4 is 34.7 Å². The van der Waals surface area contributed by atoms with E-state index in [-0.39, 0.29) is 10.7 Å². The van der Waals surface area contributed by atoms with Gasteiger partial charge in [0.1, 0.15) is 17.3 Å². The minimum Gasteiger partial charge on any atom is -0.337 e. The third-order valence-corrected chi connectivity index (χ3v) is 3.07. The van der Waals surface area contributed by atoms with E-state index < -0.39 is 5.82 Å². The topological polar surface area (TPSA) is 37.8 Å². The third-order valence-electron chi connectivity index (χ3n) is 2.45. The number of aromatic nitrogens is 2. The first kappa shape index (κ1) is 13.1. The first-order valence-corrected chi connectivity index (χ1v) is 6.09. The summed E-state index contributed by atoms with van der Waals surface area (Å²) in [7, 11) is 0. The zero-order valence-corrected chi connectivity index (χ0v) is 11.1. The molecule has 0 atom stereocenters. The van der Waals surface area contributed by atoms with Gasteiger partial charge in [-0.3, -0.25) is 0 Å². The highest BCUT2D eigenvalue weighted by atomic mass is 35.5. The van der Waals surface area contributed by atoms with Crippen molar-refractivity contribution in [2.24, 2.45) is 0 Å². The molecule has 3 nitrogen and oxygen atoms in total. The van der Waals surface area contributed by atoms with E-state index in [4.69, 9.17) is 23.2 Å². The molecule has 0 radical (unpaired) electrons. The third kappa shape index (κ3) is 2.54. The number of benzene rings is 1. The molecule has 1 heterocycles. The van der Waals surface area contributed by atoms with Crippen molar-refractivity contribution in [3.8, 4) is 0 Å². The van der Waals surface area contributed by atoms with Gasteiger partial charge in [-0.25, -0.2) is 14.4 Å². The van der Waals surface area contributed by atoms with Crippen LogP contribution in [0.25, 0.3) is 0 Å². The van der Waals surface area contributed by atoms with Gasteiger partial charge in [0.2, 0.25) is 0 Å². The Morgan fingerprint density at radius 2 is 2.06 bits per heavy atom. The van der Waals surface area contributed by atoms with E-state index in [1.807, 2.05) is 6.92 Å². The first-order chi connectivity index (χ1) is 8.63. The lowest BCUT2D eigenvalue weighted by molar-refractivity contribution is 0.632. The Kier molecular flexibility index (Phi) is 3.99. The number of nitrogens with zero attached hydrogens (tertiary/aromatic N) is 2. The number of halogens is 3. The molecule has 0 amide bonds. The Balaban J connectivity index is 2.40. The van der Waals surface area contributed by atoms with Gasteiger partial charge in [0, 0.05) is 5.56 Å². The zero-order chi connectivity index (χ0) is 13.1. The van der Waals surface area contributed by atoms with Gasteiger partial charge < -0.3 is 5.32 Å². The van der Waals surface area contributed by atoms with Crippen molar-refractivity contribution in [3.05, 3.63) is 46.1 Å². The molecule has 0 bridgehead atoms. The Labute approximate surface area is 114 Å². The molecule has 0 unspecified atom stereocenters. The molecule has 0 saturated carbocycles. The average molecular weight is 286 g/mol. The molecular weight excluding hydrogens is 276 g/mol. The largest absolute Gasteiger partial charge is 0.337 e. The highest BCUT2D eigenvalue weighted by Gasteiger charge is 2.11. The van der Waals surface area contributed by atoms with Gasteiger partial charge in [0.15, 0.2) is 5.82 Å². The molecule has 1 aromatic carbocycles. The molecule has 2 rings (SSSR count). The molecule has 2 aromatic rings. The van der Waals surface area contributed by atoms with Crippen molar-refractivity contribution in [3.63, 3.8) is 0 Å². The number of hydrogen-bond acceptors (Lipinski definition) is 3. The second-order valence-electron chi connectivity index (χ2n) is 3.57. The molecule has 0 aliphatic carbocycles. The van der Waals surface area contributed by atoms with Gasteiger partial charge >= 0.3 is 0 Å². The fraction of sp³-hybridized carbons (Fsp3) is 0.167. The summed E-state index contributed by atoms with van der Waals surface area (Å²) in [5.74, 6) is -0.0328. The maximum Gasteiger partial charge on any atom is 0.165 e. The molecule has 0 aliphatic heterocycles. The second-order valence-corrected chi connectivity index (χ2v) is 4.34. The summed E-state index contributed by atoms with van der Waals surface area (Å²) in [5, 5.41) is 3.29. The van der Waals surface area contributed by atoms with Crippen LogP contribution in [0.5, 0.6) is 0 Å². The molecule has 0 fully saturated rings. The lowest BCUT2D eigenvalue weighted by Gasteiger charge is -2.11. The smallest absolute Gasteiger partial charge is 0.165 e. The molecular formula is C12H10Cl2FN3. The highest BCUT2D eigenvalue weighted by molar-refractivity contribution is 6.31. The van der Waals surface area contributed by atoms with E-state index in [0.717, 1.165) is 5.56 Å². The van der Waals surface area contributed by atoms with Crippen LogP contribution >= 0.6 is 23.2 Å². The van der Waals surface area contributed by atoms with Gasteiger partial charge in [0.25, 0.3) is 0 Å². The van der Waals surface area contributed by atoms with E-state index in [1.165, 1.54) is 12.4 Å². The first-order valence-electron chi connectivity index (χ1n) is 5.34. The molecule has 0 saturated heterocycles.